The highest BCUT2D eigenvalue weighted by molar-refractivity contribution is 5.09. The molecule has 0 amide bonds. The van der Waals surface area contributed by atoms with Gasteiger partial charge < -0.3 is 9.55 Å². The number of nitrogens with one attached hydrogen (secondary N) is 1. The molecule has 90 valence electrons. The van der Waals surface area contributed by atoms with Crippen LogP contribution in [-0.2, 0) is 20.1 Å². The number of aromatic nitrogens is 4. The fourth-order valence-electron chi connectivity index (χ4n) is 1.65. The van der Waals surface area contributed by atoms with E-state index in [1.54, 1.807) is 18.6 Å². The van der Waals surface area contributed by atoms with Gasteiger partial charge in [0.2, 0.25) is 5.56 Å². The zero-order chi connectivity index (χ0) is 12.3. The number of rotatable bonds is 4. The monoisotopic (exact) mass is 233 g/mol. The Kier molecular flexibility index (Phi) is 3.34. The van der Waals surface area contributed by atoms with Gasteiger partial charge in [-0.1, -0.05) is 0 Å². The van der Waals surface area contributed by atoms with Crippen LogP contribution in [0.1, 0.15) is 11.4 Å². The fraction of sp³-hybridized carbons (Fsp3) is 0.364. The van der Waals surface area contributed by atoms with Crippen LogP contribution in [0, 0.1) is 0 Å². The van der Waals surface area contributed by atoms with Crippen LogP contribution in [0.5, 0.6) is 0 Å². The molecule has 0 atom stereocenters. The minimum absolute atomic E-state index is 0.0745. The second kappa shape index (κ2) is 4.92. The molecule has 0 fully saturated rings. The lowest BCUT2D eigenvalue weighted by molar-refractivity contribution is 0.306. The average Bonchev–Trinajstić information content (AvgIpc) is 2.64. The van der Waals surface area contributed by atoms with Gasteiger partial charge in [-0.2, -0.15) is 0 Å². The highest BCUT2D eigenvalue weighted by Crippen LogP contribution is 2.03. The summed E-state index contributed by atoms with van der Waals surface area (Å²) >= 11 is 0. The van der Waals surface area contributed by atoms with E-state index < -0.39 is 0 Å². The molecule has 0 aliphatic rings. The molecule has 0 spiro atoms. The van der Waals surface area contributed by atoms with Gasteiger partial charge >= 0.3 is 0 Å². The molecule has 1 N–H and O–H groups in total. The predicted octanol–water partition coefficient (Wildman–Crippen LogP) is 0.135. The minimum atomic E-state index is -0.0745. The van der Waals surface area contributed by atoms with E-state index in [2.05, 4.69) is 20.1 Å². The second-order valence-electron chi connectivity index (χ2n) is 4.09. The molecule has 2 aromatic heterocycles. The normalized spacial score (nSPS) is 11.0. The van der Waals surface area contributed by atoms with E-state index in [0.29, 0.717) is 13.1 Å². The molecule has 2 rings (SSSR count). The summed E-state index contributed by atoms with van der Waals surface area (Å²) in [6.07, 6.45) is 3.34. The number of aryl methyl sites for hydroxylation is 1. The van der Waals surface area contributed by atoms with Gasteiger partial charge in [-0.3, -0.25) is 9.69 Å². The Labute approximate surface area is 98.9 Å². The van der Waals surface area contributed by atoms with Crippen LogP contribution >= 0.6 is 0 Å². The molecule has 6 heteroatoms. The first kappa shape index (κ1) is 11.5. The van der Waals surface area contributed by atoms with Gasteiger partial charge in [0.1, 0.15) is 12.2 Å². The first-order valence-electron chi connectivity index (χ1n) is 5.34. The Balaban J connectivity index is 2.00. The highest BCUT2D eigenvalue weighted by atomic mass is 16.1. The number of hydrogen-bond acceptors (Lipinski definition) is 4. The Bertz CT molecular complexity index is 545. The van der Waals surface area contributed by atoms with Crippen LogP contribution in [0.3, 0.4) is 0 Å². The van der Waals surface area contributed by atoms with E-state index in [1.807, 2.05) is 24.7 Å². The van der Waals surface area contributed by atoms with E-state index in [9.17, 15) is 4.79 Å². The van der Waals surface area contributed by atoms with Crippen LogP contribution < -0.4 is 5.56 Å². The Morgan fingerprint density at radius 3 is 2.94 bits per heavy atom. The van der Waals surface area contributed by atoms with Crippen molar-refractivity contribution in [3.8, 4) is 0 Å². The molecule has 2 heterocycles. The summed E-state index contributed by atoms with van der Waals surface area (Å²) < 4.78 is 1.88. The van der Waals surface area contributed by atoms with Crippen molar-refractivity contribution >= 4 is 0 Å². The molecule has 0 unspecified atom stereocenters. The Morgan fingerprint density at radius 1 is 1.47 bits per heavy atom. The first-order chi connectivity index (χ1) is 8.15. The van der Waals surface area contributed by atoms with Gasteiger partial charge in [0.15, 0.2) is 0 Å². The number of pyridine rings is 1. The smallest absolute Gasteiger partial charge is 0.248 e. The third kappa shape index (κ3) is 3.01. The summed E-state index contributed by atoms with van der Waals surface area (Å²) in [7, 11) is 3.90. The van der Waals surface area contributed by atoms with Crippen molar-refractivity contribution in [2.75, 3.05) is 7.05 Å². The summed E-state index contributed by atoms with van der Waals surface area (Å²) in [5.74, 6) is 0.900. The summed E-state index contributed by atoms with van der Waals surface area (Å²) in [6, 6.07) is 3.50. The average molecular weight is 233 g/mol. The first-order valence-corrected chi connectivity index (χ1v) is 5.34. The third-order valence-corrected chi connectivity index (χ3v) is 2.51. The standard InChI is InChI=1S/C11H15N5O/c1-15(7-10-14-13-8-16(10)2)6-9-3-4-12-11(17)5-9/h3-5,8H,6-7H2,1-2H3,(H,12,17). The van der Waals surface area contributed by atoms with Gasteiger partial charge in [-0.05, 0) is 18.7 Å². The molecule has 0 aliphatic heterocycles. The zero-order valence-corrected chi connectivity index (χ0v) is 9.92. The lowest BCUT2D eigenvalue weighted by Crippen LogP contribution is -2.20. The predicted molar refractivity (Wildman–Crippen MR) is 63.2 cm³/mol. The van der Waals surface area contributed by atoms with E-state index in [-0.39, 0.29) is 5.56 Å². The quantitative estimate of drug-likeness (QED) is 0.815. The van der Waals surface area contributed by atoms with Crippen LogP contribution in [-0.4, -0.2) is 31.7 Å². The molecule has 0 saturated heterocycles. The van der Waals surface area contributed by atoms with Crippen LogP contribution in [0.4, 0.5) is 0 Å². The largest absolute Gasteiger partial charge is 0.329 e. The second-order valence-corrected chi connectivity index (χ2v) is 4.09. The molecule has 0 saturated carbocycles. The van der Waals surface area contributed by atoms with Crippen molar-refractivity contribution in [3.63, 3.8) is 0 Å². The molecule has 0 aliphatic carbocycles. The van der Waals surface area contributed by atoms with Crippen LogP contribution in [0.2, 0.25) is 0 Å². The third-order valence-electron chi connectivity index (χ3n) is 2.51. The summed E-state index contributed by atoms with van der Waals surface area (Å²) in [4.78, 5) is 15.8. The van der Waals surface area contributed by atoms with E-state index in [4.69, 9.17) is 0 Å². The Morgan fingerprint density at radius 2 is 2.29 bits per heavy atom. The van der Waals surface area contributed by atoms with E-state index in [0.717, 1.165) is 11.4 Å². The van der Waals surface area contributed by atoms with Gasteiger partial charge in [0.25, 0.3) is 0 Å². The summed E-state index contributed by atoms with van der Waals surface area (Å²) in [5, 5.41) is 7.85. The topological polar surface area (TPSA) is 66.8 Å². The van der Waals surface area contributed by atoms with Gasteiger partial charge in [0, 0.05) is 25.9 Å². The number of aromatic amines is 1. The molecular weight excluding hydrogens is 218 g/mol. The Hall–Kier alpha value is -1.95. The van der Waals surface area contributed by atoms with E-state index in [1.165, 1.54) is 0 Å². The van der Waals surface area contributed by atoms with Crippen molar-refractivity contribution in [2.45, 2.75) is 13.1 Å². The zero-order valence-electron chi connectivity index (χ0n) is 9.92. The van der Waals surface area contributed by atoms with Crippen molar-refractivity contribution in [3.05, 3.63) is 46.4 Å². The number of H-pyrrole nitrogens is 1. The molecule has 0 aromatic carbocycles. The maximum Gasteiger partial charge on any atom is 0.248 e. The molecule has 6 nitrogen and oxygen atoms in total. The molecule has 17 heavy (non-hydrogen) atoms. The maximum atomic E-state index is 11.1. The van der Waals surface area contributed by atoms with Crippen LogP contribution in [0.25, 0.3) is 0 Å². The highest BCUT2D eigenvalue weighted by Gasteiger charge is 2.06. The SMILES string of the molecule is CN(Cc1cc[nH]c(=O)c1)Cc1nncn1C. The summed E-state index contributed by atoms with van der Waals surface area (Å²) in [6.45, 7) is 1.40. The molecule has 0 bridgehead atoms. The molecular formula is C11H15N5O. The minimum Gasteiger partial charge on any atom is -0.329 e. The lowest BCUT2D eigenvalue weighted by Gasteiger charge is -2.15. The number of nitrogens with zero attached hydrogens (tertiary/aromatic N) is 4. The van der Waals surface area contributed by atoms with Crippen LogP contribution in [0.15, 0.2) is 29.5 Å². The van der Waals surface area contributed by atoms with Crippen molar-refractivity contribution in [1.82, 2.24) is 24.6 Å². The van der Waals surface area contributed by atoms with Gasteiger partial charge in [-0.25, -0.2) is 0 Å². The molecule has 2 aromatic rings. The van der Waals surface area contributed by atoms with Gasteiger partial charge in [0.05, 0.1) is 6.54 Å². The maximum absolute atomic E-state index is 11.1. The lowest BCUT2D eigenvalue weighted by atomic mass is 10.2. The van der Waals surface area contributed by atoms with E-state index >= 15 is 0 Å². The van der Waals surface area contributed by atoms with Crippen molar-refractivity contribution in [1.29, 1.82) is 0 Å². The van der Waals surface area contributed by atoms with Gasteiger partial charge in [-0.15, -0.1) is 10.2 Å². The van der Waals surface area contributed by atoms with Crippen molar-refractivity contribution < 1.29 is 0 Å². The summed E-state index contributed by atoms with van der Waals surface area (Å²) in [5.41, 5.74) is 0.910. The van der Waals surface area contributed by atoms with Crippen molar-refractivity contribution in [2.24, 2.45) is 7.05 Å². The molecule has 0 radical (unpaired) electrons. The number of hydrogen-bond donors (Lipinski definition) is 1. The fourth-order valence-corrected chi connectivity index (χ4v) is 1.65.